The van der Waals surface area contributed by atoms with Crippen molar-refractivity contribution in [3.63, 3.8) is 0 Å². The van der Waals surface area contributed by atoms with E-state index >= 15 is 0 Å². The summed E-state index contributed by atoms with van der Waals surface area (Å²) >= 11 is 1.59. The molecule has 1 heterocycles. The SMILES string of the molecule is CCOc1ccccc1OCCCC(=O)N(CC)CC(=O)NCc1cccs1. The summed E-state index contributed by atoms with van der Waals surface area (Å²) in [6, 6.07) is 11.4. The number of nitrogens with one attached hydrogen (secondary N) is 1. The Kier molecular flexibility index (Phi) is 9.34. The Morgan fingerprint density at radius 3 is 2.46 bits per heavy atom. The van der Waals surface area contributed by atoms with Crippen molar-refractivity contribution in [3.8, 4) is 11.5 Å². The van der Waals surface area contributed by atoms with Crippen LogP contribution in [0, 0.1) is 0 Å². The van der Waals surface area contributed by atoms with E-state index < -0.39 is 0 Å². The Labute approximate surface area is 170 Å². The Morgan fingerprint density at radius 2 is 1.82 bits per heavy atom. The molecule has 0 fully saturated rings. The van der Waals surface area contributed by atoms with Crippen molar-refractivity contribution in [1.82, 2.24) is 10.2 Å². The highest BCUT2D eigenvalue weighted by molar-refractivity contribution is 7.09. The molecule has 0 aliphatic carbocycles. The molecule has 0 saturated carbocycles. The van der Waals surface area contributed by atoms with E-state index in [4.69, 9.17) is 9.47 Å². The number of nitrogens with zero attached hydrogens (tertiary/aromatic N) is 1. The molecule has 0 bridgehead atoms. The number of rotatable bonds is 12. The Hall–Kier alpha value is -2.54. The molecule has 152 valence electrons. The molecule has 2 amide bonds. The van der Waals surface area contributed by atoms with Crippen LogP contribution in [0.15, 0.2) is 41.8 Å². The van der Waals surface area contributed by atoms with Gasteiger partial charge in [0.25, 0.3) is 0 Å². The highest BCUT2D eigenvalue weighted by Gasteiger charge is 2.15. The molecule has 0 spiro atoms. The van der Waals surface area contributed by atoms with Crippen LogP contribution in [0.1, 0.15) is 31.6 Å². The molecule has 2 aromatic rings. The van der Waals surface area contributed by atoms with Crippen molar-refractivity contribution in [1.29, 1.82) is 0 Å². The third-order valence-electron chi connectivity index (χ3n) is 4.05. The Morgan fingerprint density at radius 1 is 1.07 bits per heavy atom. The van der Waals surface area contributed by atoms with Gasteiger partial charge in [0.15, 0.2) is 11.5 Å². The fourth-order valence-corrected chi connectivity index (χ4v) is 3.26. The van der Waals surface area contributed by atoms with Gasteiger partial charge in [0.2, 0.25) is 11.8 Å². The molecule has 7 heteroatoms. The number of hydrogen-bond acceptors (Lipinski definition) is 5. The van der Waals surface area contributed by atoms with Crippen LogP contribution in [-0.4, -0.2) is 43.0 Å². The van der Waals surface area contributed by atoms with Gasteiger partial charge in [0.05, 0.1) is 26.3 Å². The number of hydrogen-bond donors (Lipinski definition) is 1. The number of para-hydroxylation sites is 2. The summed E-state index contributed by atoms with van der Waals surface area (Å²) in [6.45, 7) is 5.85. The van der Waals surface area contributed by atoms with Crippen LogP contribution in [0.2, 0.25) is 0 Å². The fourth-order valence-electron chi connectivity index (χ4n) is 2.61. The number of thiophene rings is 1. The van der Waals surface area contributed by atoms with Gasteiger partial charge in [-0.2, -0.15) is 0 Å². The molecule has 0 radical (unpaired) electrons. The summed E-state index contributed by atoms with van der Waals surface area (Å²) in [4.78, 5) is 27.1. The molecule has 0 aliphatic rings. The van der Waals surface area contributed by atoms with Crippen molar-refractivity contribution < 1.29 is 19.1 Å². The van der Waals surface area contributed by atoms with Gasteiger partial charge >= 0.3 is 0 Å². The minimum atomic E-state index is -0.148. The summed E-state index contributed by atoms with van der Waals surface area (Å²) in [5, 5.41) is 4.82. The zero-order chi connectivity index (χ0) is 20.2. The van der Waals surface area contributed by atoms with Gasteiger partial charge in [0.1, 0.15) is 0 Å². The van der Waals surface area contributed by atoms with Crippen molar-refractivity contribution >= 4 is 23.2 Å². The molecule has 6 nitrogen and oxygen atoms in total. The third kappa shape index (κ3) is 7.23. The minimum absolute atomic E-state index is 0.0459. The van der Waals surface area contributed by atoms with Crippen LogP contribution >= 0.6 is 11.3 Å². The van der Waals surface area contributed by atoms with E-state index in [9.17, 15) is 9.59 Å². The van der Waals surface area contributed by atoms with Gasteiger partial charge in [-0.1, -0.05) is 18.2 Å². The van der Waals surface area contributed by atoms with Crippen LogP contribution in [0.4, 0.5) is 0 Å². The largest absolute Gasteiger partial charge is 0.490 e. The van der Waals surface area contributed by atoms with E-state index in [2.05, 4.69) is 5.32 Å². The molecule has 0 aliphatic heterocycles. The van der Waals surface area contributed by atoms with Crippen LogP contribution in [-0.2, 0) is 16.1 Å². The average molecular weight is 405 g/mol. The van der Waals surface area contributed by atoms with Crippen LogP contribution in [0.3, 0.4) is 0 Å². The second-order valence-corrected chi connectivity index (χ2v) is 7.13. The maximum atomic E-state index is 12.4. The fraction of sp³-hybridized carbons (Fsp3) is 0.429. The second kappa shape index (κ2) is 12.0. The maximum absolute atomic E-state index is 12.4. The Balaban J connectivity index is 1.70. The summed E-state index contributed by atoms with van der Waals surface area (Å²) in [6.07, 6.45) is 0.912. The molecular weight excluding hydrogens is 376 g/mol. The summed E-state index contributed by atoms with van der Waals surface area (Å²) in [5.74, 6) is 1.19. The highest BCUT2D eigenvalue weighted by atomic mass is 32.1. The van der Waals surface area contributed by atoms with Gasteiger partial charge in [0, 0.05) is 17.8 Å². The van der Waals surface area contributed by atoms with Gasteiger partial charge in [-0.25, -0.2) is 0 Å². The average Bonchev–Trinajstić information content (AvgIpc) is 3.22. The van der Waals surface area contributed by atoms with Gasteiger partial charge < -0.3 is 19.7 Å². The van der Waals surface area contributed by atoms with E-state index in [0.717, 1.165) is 4.88 Å². The zero-order valence-electron chi connectivity index (χ0n) is 16.5. The van der Waals surface area contributed by atoms with Gasteiger partial charge in [-0.3, -0.25) is 9.59 Å². The number of likely N-dealkylation sites (N-methyl/N-ethyl adjacent to an activating group) is 1. The predicted molar refractivity (Wildman–Crippen MR) is 111 cm³/mol. The van der Waals surface area contributed by atoms with Crippen LogP contribution < -0.4 is 14.8 Å². The zero-order valence-corrected chi connectivity index (χ0v) is 17.3. The van der Waals surface area contributed by atoms with E-state index in [1.165, 1.54) is 0 Å². The number of amides is 2. The lowest BCUT2D eigenvalue weighted by atomic mass is 10.2. The number of benzene rings is 1. The number of carbonyl (C=O) groups excluding carboxylic acids is 2. The van der Waals surface area contributed by atoms with Crippen molar-refractivity contribution in [2.24, 2.45) is 0 Å². The summed E-state index contributed by atoms with van der Waals surface area (Å²) < 4.78 is 11.3. The molecule has 1 aromatic carbocycles. The lowest BCUT2D eigenvalue weighted by Crippen LogP contribution is -2.40. The molecule has 2 rings (SSSR count). The number of carbonyl (C=O) groups is 2. The molecule has 1 N–H and O–H groups in total. The van der Waals surface area contributed by atoms with Crippen molar-refractivity contribution in [3.05, 3.63) is 46.7 Å². The van der Waals surface area contributed by atoms with E-state index in [0.29, 0.717) is 50.6 Å². The lowest BCUT2D eigenvalue weighted by molar-refractivity contribution is -0.136. The minimum Gasteiger partial charge on any atom is -0.490 e. The molecule has 0 atom stereocenters. The van der Waals surface area contributed by atoms with E-state index in [1.807, 2.05) is 55.6 Å². The predicted octanol–water partition coefficient (Wildman–Crippen LogP) is 3.47. The highest BCUT2D eigenvalue weighted by Crippen LogP contribution is 2.26. The smallest absolute Gasteiger partial charge is 0.239 e. The first kappa shape index (κ1) is 21.8. The second-order valence-electron chi connectivity index (χ2n) is 6.10. The van der Waals surface area contributed by atoms with E-state index in [1.54, 1.807) is 16.2 Å². The topological polar surface area (TPSA) is 67.9 Å². The first-order valence-electron chi connectivity index (χ1n) is 9.55. The number of ether oxygens (including phenoxy) is 2. The lowest BCUT2D eigenvalue weighted by Gasteiger charge is -2.20. The normalized spacial score (nSPS) is 10.4. The maximum Gasteiger partial charge on any atom is 0.239 e. The standard InChI is InChI=1S/C21H28N2O4S/c1-3-23(16-20(24)22-15-17-9-8-14-28-17)21(25)12-7-13-27-19-11-6-5-10-18(19)26-4-2/h5-6,8-11,14H,3-4,7,12-13,15-16H2,1-2H3,(H,22,24). The molecule has 0 unspecified atom stereocenters. The molecular formula is C21H28N2O4S. The van der Waals surface area contributed by atoms with Gasteiger partial charge in [-0.05, 0) is 43.8 Å². The Bertz CT molecular complexity index is 734. The van der Waals surface area contributed by atoms with Crippen LogP contribution in [0.25, 0.3) is 0 Å². The van der Waals surface area contributed by atoms with E-state index in [-0.39, 0.29) is 18.4 Å². The van der Waals surface area contributed by atoms with Gasteiger partial charge in [-0.15, -0.1) is 11.3 Å². The first-order chi connectivity index (χ1) is 13.6. The third-order valence-corrected chi connectivity index (χ3v) is 4.93. The van der Waals surface area contributed by atoms with Crippen molar-refractivity contribution in [2.75, 3.05) is 26.3 Å². The molecule has 0 saturated heterocycles. The quantitative estimate of drug-likeness (QED) is 0.550. The molecule has 1 aromatic heterocycles. The first-order valence-corrected chi connectivity index (χ1v) is 10.4. The van der Waals surface area contributed by atoms with Crippen LogP contribution in [0.5, 0.6) is 11.5 Å². The monoisotopic (exact) mass is 404 g/mol. The van der Waals surface area contributed by atoms with Crippen molar-refractivity contribution in [2.45, 2.75) is 33.2 Å². The summed E-state index contributed by atoms with van der Waals surface area (Å²) in [7, 11) is 0. The summed E-state index contributed by atoms with van der Waals surface area (Å²) in [5.41, 5.74) is 0. The molecule has 28 heavy (non-hydrogen) atoms.